The smallest absolute Gasteiger partial charge is 0.163 e. The zero-order valence-corrected chi connectivity index (χ0v) is 20.3. The number of likely N-dealkylation sites (tertiary alicyclic amines) is 1. The zero-order valence-electron chi connectivity index (χ0n) is 20.3. The quantitative estimate of drug-likeness (QED) is 0.505. The lowest BCUT2D eigenvalue weighted by Gasteiger charge is -2.24. The van der Waals surface area contributed by atoms with Gasteiger partial charge in [0.05, 0.1) is 24.8 Å². The number of fused-ring (bicyclic) bond motifs is 2. The van der Waals surface area contributed by atoms with Crippen LogP contribution in [-0.4, -0.2) is 62.5 Å². The van der Waals surface area contributed by atoms with Crippen LogP contribution >= 0.6 is 0 Å². The van der Waals surface area contributed by atoms with E-state index in [9.17, 15) is 0 Å². The van der Waals surface area contributed by atoms with E-state index >= 15 is 0 Å². The second kappa shape index (κ2) is 10.3. The number of methoxy groups -OCH3 is 2. The van der Waals surface area contributed by atoms with E-state index in [1.165, 1.54) is 42.9 Å². The molecule has 0 unspecified atom stereocenters. The Bertz CT molecular complexity index is 922. The Labute approximate surface area is 192 Å². The molecule has 1 N–H and O–H groups in total. The third kappa shape index (κ3) is 5.29. The van der Waals surface area contributed by atoms with Gasteiger partial charge in [-0.2, -0.15) is 0 Å². The van der Waals surface area contributed by atoms with Gasteiger partial charge in [0.2, 0.25) is 0 Å². The summed E-state index contributed by atoms with van der Waals surface area (Å²) in [7, 11) is 3.49. The van der Waals surface area contributed by atoms with Crippen molar-refractivity contribution in [3.8, 4) is 11.5 Å². The molecule has 4 rings (SSSR count). The van der Waals surface area contributed by atoms with Gasteiger partial charge in [-0.25, -0.2) is 0 Å². The Hall–Kier alpha value is -2.05. The first-order chi connectivity index (χ1) is 15.5. The topological polar surface area (TPSA) is 55.9 Å². The number of hydrogen-bond donors (Lipinski definition) is 1. The summed E-state index contributed by atoms with van der Waals surface area (Å²) < 4.78 is 17.5. The van der Waals surface area contributed by atoms with Crippen LogP contribution in [0.2, 0.25) is 0 Å². The first-order valence-corrected chi connectivity index (χ1v) is 12.2. The fourth-order valence-corrected chi connectivity index (χ4v) is 4.81. The summed E-state index contributed by atoms with van der Waals surface area (Å²) in [6.07, 6.45) is 7.89. The standard InChI is InChI=1S/C26H39N3O3/c1-26(2,31-4)11-12-27-25-19-9-7-10-21(19)28-22-18-24(23(30-3)17-20(22)25)32-16-8-15-29-13-5-6-14-29/h17-18H,5-16H2,1-4H3,(H,27,28). The number of nitrogens with one attached hydrogen (secondary N) is 1. The molecular weight excluding hydrogens is 402 g/mol. The number of aryl methyl sites for hydroxylation is 1. The molecule has 1 saturated heterocycles. The lowest BCUT2D eigenvalue weighted by molar-refractivity contribution is 0.0185. The van der Waals surface area contributed by atoms with Crippen LogP contribution in [0, 0.1) is 0 Å². The van der Waals surface area contributed by atoms with Crippen LogP contribution < -0.4 is 14.8 Å². The predicted octanol–water partition coefficient (Wildman–Crippen LogP) is 4.82. The van der Waals surface area contributed by atoms with E-state index < -0.39 is 0 Å². The second-order valence-corrected chi connectivity index (χ2v) is 9.68. The van der Waals surface area contributed by atoms with Gasteiger partial charge >= 0.3 is 0 Å². The molecule has 1 aliphatic carbocycles. The van der Waals surface area contributed by atoms with Gasteiger partial charge in [0.1, 0.15) is 0 Å². The highest BCUT2D eigenvalue weighted by Crippen LogP contribution is 2.39. The van der Waals surface area contributed by atoms with Crippen LogP contribution in [-0.2, 0) is 17.6 Å². The number of benzene rings is 1. The molecule has 2 heterocycles. The van der Waals surface area contributed by atoms with Gasteiger partial charge in [0.25, 0.3) is 0 Å². The predicted molar refractivity (Wildman–Crippen MR) is 130 cm³/mol. The number of aromatic nitrogens is 1. The molecule has 6 nitrogen and oxygen atoms in total. The van der Waals surface area contributed by atoms with Gasteiger partial charge in [-0.3, -0.25) is 4.98 Å². The molecule has 6 heteroatoms. The molecule has 1 aromatic heterocycles. The van der Waals surface area contributed by atoms with Gasteiger partial charge < -0.3 is 24.4 Å². The van der Waals surface area contributed by atoms with Crippen molar-refractivity contribution in [2.45, 2.75) is 64.4 Å². The number of rotatable bonds is 11. The molecule has 0 spiro atoms. The van der Waals surface area contributed by atoms with Gasteiger partial charge in [-0.15, -0.1) is 0 Å². The van der Waals surface area contributed by atoms with Crippen molar-refractivity contribution in [2.75, 3.05) is 52.3 Å². The van der Waals surface area contributed by atoms with Crippen LogP contribution in [0.15, 0.2) is 12.1 Å². The largest absolute Gasteiger partial charge is 0.493 e. The third-order valence-corrected chi connectivity index (χ3v) is 6.95. The monoisotopic (exact) mass is 441 g/mol. The number of ether oxygens (including phenoxy) is 3. The molecule has 0 radical (unpaired) electrons. The molecule has 1 aliphatic heterocycles. The maximum atomic E-state index is 6.17. The second-order valence-electron chi connectivity index (χ2n) is 9.68. The molecule has 0 bridgehead atoms. The summed E-state index contributed by atoms with van der Waals surface area (Å²) in [5, 5.41) is 4.82. The summed E-state index contributed by atoms with van der Waals surface area (Å²) in [6, 6.07) is 4.16. The van der Waals surface area contributed by atoms with E-state index in [2.05, 4.69) is 36.2 Å². The first kappa shape index (κ1) is 23.1. The van der Waals surface area contributed by atoms with E-state index in [1.807, 2.05) is 0 Å². The molecule has 0 saturated carbocycles. The van der Waals surface area contributed by atoms with Crippen molar-refractivity contribution >= 4 is 16.6 Å². The minimum atomic E-state index is -0.146. The van der Waals surface area contributed by atoms with Crippen LogP contribution in [0.5, 0.6) is 11.5 Å². The van der Waals surface area contributed by atoms with E-state index in [0.717, 1.165) is 67.6 Å². The Morgan fingerprint density at radius 3 is 2.62 bits per heavy atom. The Kier molecular flexibility index (Phi) is 7.41. The fraction of sp³-hybridized carbons (Fsp3) is 0.654. The van der Waals surface area contributed by atoms with E-state index in [4.69, 9.17) is 19.2 Å². The highest BCUT2D eigenvalue weighted by molar-refractivity contribution is 5.96. The number of anilines is 1. The summed E-state index contributed by atoms with van der Waals surface area (Å²) in [6.45, 7) is 9.36. The minimum absolute atomic E-state index is 0.146. The summed E-state index contributed by atoms with van der Waals surface area (Å²) in [5.41, 5.74) is 4.61. The van der Waals surface area contributed by atoms with Crippen molar-refractivity contribution in [3.05, 3.63) is 23.4 Å². The van der Waals surface area contributed by atoms with Crippen molar-refractivity contribution in [2.24, 2.45) is 0 Å². The Balaban J connectivity index is 1.53. The van der Waals surface area contributed by atoms with Crippen molar-refractivity contribution in [1.29, 1.82) is 0 Å². The minimum Gasteiger partial charge on any atom is -0.493 e. The van der Waals surface area contributed by atoms with Crippen LogP contribution in [0.4, 0.5) is 5.69 Å². The molecule has 1 fully saturated rings. The fourth-order valence-electron chi connectivity index (χ4n) is 4.81. The van der Waals surface area contributed by atoms with Crippen LogP contribution in [0.25, 0.3) is 10.9 Å². The molecule has 32 heavy (non-hydrogen) atoms. The molecular formula is C26H39N3O3. The van der Waals surface area contributed by atoms with Gasteiger partial charge in [-0.1, -0.05) is 0 Å². The Morgan fingerprint density at radius 1 is 1.06 bits per heavy atom. The highest BCUT2D eigenvalue weighted by atomic mass is 16.5. The summed E-state index contributed by atoms with van der Waals surface area (Å²) in [4.78, 5) is 7.53. The van der Waals surface area contributed by atoms with Crippen LogP contribution in [0.1, 0.15) is 57.2 Å². The molecule has 0 amide bonds. The first-order valence-electron chi connectivity index (χ1n) is 12.2. The molecule has 0 atom stereocenters. The number of nitrogens with zero attached hydrogens (tertiary/aromatic N) is 2. The normalized spacial score (nSPS) is 16.5. The lowest BCUT2D eigenvalue weighted by Crippen LogP contribution is -2.26. The van der Waals surface area contributed by atoms with E-state index in [1.54, 1.807) is 14.2 Å². The molecule has 1 aromatic carbocycles. The molecule has 2 aliphatic rings. The third-order valence-electron chi connectivity index (χ3n) is 6.95. The van der Waals surface area contributed by atoms with Crippen molar-refractivity contribution in [3.63, 3.8) is 0 Å². The molecule has 176 valence electrons. The van der Waals surface area contributed by atoms with Gasteiger partial charge in [0, 0.05) is 43.0 Å². The average molecular weight is 442 g/mol. The van der Waals surface area contributed by atoms with E-state index in [0.29, 0.717) is 6.61 Å². The van der Waals surface area contributed by atoms with Gasteiger partial charge in [-0.05, 0) is 83.5 Å². The highest BCUT2D eigenvalue weighted by Gasteiger charge is 2.22. The Morgan fingerprint density at radius 2 is 1.88 bits per heavy atom. The van der Waals surface area contributed by atoms with E-state index in [-0.39, 0.29) is 5.60 Å². The summed E-state index contributed by atoms with van der Waals surface area (Å²) in [5.74, 6) is 1.57. The number of hydrogen-bond acceptors (Lipinski definition) is 6. The summed E-state index contributed by atoms with van der Waals surface area (Å²) >= 11 is 0. The lowest BCUT2D eigenvalue weighted by atomic mass is 10.0. The molecule has 2 aromatic rings. The maximum Gasteiger partial charge on any atom is 0.163 e. The van der Waals surface area contributed by atoms with Crippen LogP contribution in [0.3, 0.4) is 0 Å². The van der Waals surface area contributed by atoms with Crippen molar-refractivity contribution in [1.82, 2.24) is 9.88 Å². The maximum absolute atomic E-state index is 6.17. The number of pyridine rings is 1. The average Bonchev–Trinajstić information content (AvgIpc) is 3.47. The van der Waals surface area contributed by atoms with Crippen molar-refractivity contribution < 1.29 is 14.2 Å². The SMILES string of the molecule is COc1cc2c(NCCC(C)(C)OC)c3c(nc2cc1OCCCN1CCCC1)CCC3. The zero-order chi connectivity index (χ0) is 22.6. The van der Waals surface area contributed by atoms with Gasteiger partial charge in [0.15, 0.2) is 11.5 Å².